The summed E-state index contributed by atoms with van der Waals surface area (Å²) in [6.45, 7) is 5.53. The van der Waals surface area contributed by atoms with Gasteiger partial charge in [0.15, 0.2) is 9.84 Å². The Hall–Kier alpha value is -2.31. The maximum absolute atomic E-state index is 13.2. The SMILES string of the molecule is CCCCN(CC)C(=O)Cn1cc(S(=O)(=O)Cc2ccc(Cl)cc2)c2ccccc21. The number of carbonyl (C=O) groups is 1. The van der Waals surface area contributed by atoms with E-state index in [1.165, 1.54) is 0 Å². The number of amides is 1. The third kappa shape index (κ3) is 5.05. The minimum absolute atomic E-state index is 0.00616. The highest BCUT2D eigenvalue weighted by molar-refractivity contribution is 7.90. The van der Waals surface area contributed by atoms with E-state index in [-0.39, 0.29) is 23.1 Å². The smallest absolute Gasteiger partial charge is 0.242 e. The van der Waals surface area contributed by atoms with Gasteiger partial charge in [0, 0.05) is 35.2 Å². The van der Waals surface area contributed by atoms with Crippen LogP contribution in [0.2, 0.25) is 5.02 Å². The quantitative estimate of drug-likeness (QED) is 0.468. The monoisotopic (exact) mass is 446 g/mol. The number of para-hydroxylation sites is 1. The van der Waals surface area contributed by atoms with Crippen LogP contribution in [-0.4, -0.2) is 36.9 Å². The number of hydrogen-bond acceptors (Lipinski definition) is 3. The first-order valence-corrected chi connectivity index (χ1v) is 12.2. The topological polar surface area (TPSA) is 59.4 Å². The molecule has 2 aromatic carbocycles. The first kappa shape index (κ1) is 22.4. The van der Waals surface area contributed by atoms with Crippen molar-refractivity contribution < 1.29 is 13.2 Å². The molecule has 3 rings (SSSR count). The van der Waals surface area contributed by atoms with Gasteiger partial charge in [0.1, 0.15) is 6.54 Å². The average molecular weight is 447 g/mol. The minimum atomic E-state index is -3.60. The first-order chi connectivity index (χ1) is 14.4. The molecule has 0 fully saturated rings. The van der Waals surface area contributed by atoms with E-state index < -0.39 is 9.84 Å². The van der Waals surface area contributed by atoms with Gasteiger partial charge in [-0.25, -0.2) is 8.42 Å². The van der Waals surface area contributed by atoms with Gasteiger partial charge in [0.25, 0.3) is 0 Å². The zero-order valence-corrected chi connectivity index (χ0v) is 18.9. The predicted molar refractivity (Wildman–Crippen MR) is 121 cm³/mol. The summed E-state index contributed by atoms with van der Waals surface area (Å²) in [5, 5.41) is 1.20. The molecule has 0 radical (unpaired) electrons. The Balaban J connectivity index is 1.93. The van der Waals surface area contributed by atoms with Crippen LogP contribution in [0.3, 0.4) is 0 Å². The fraction of sp³-hybridized carbons (Fsp3) is 0.348. The lowest BCUT2D eigenvalue weighted by Gasteiger charge is -2.21. The van der Waals surface area contributed by atoms with Crippen molar-refractivity contribution in [3.8, 4) is 0 Å². The molecule has 1 aromatic heterocycles. The van der Waals surface area contributed by atoms with E-state index in [2.05, 4.69) is 6.92 Å². The number of hydrogen-bond donors (Lipinski definition) is 0. The Kier molecular flexibility index (Phi) is 7.21. The molecule has 160 valence electrons. The molecule has 0 spiro atoms. The molecule has 0 aliphatic heterocycles. The average Bonchev–Trinajstić information content (AvgIpc) is 3.10. The van der Waals surface area contributed by atoms with Crippen molar-refractivity contribution in [1.29, 1.82) is 0 Å². The number of benzene rings is 2. The molecule has 5 nitrogen and oxygen atoms in total. The van der Waals surface area contributed by atoms with Gasteiger partial charge in [0.2, 0.25) is 5.91 Å². The lowest BCUT2D eigenvalue weighted by atomic mass is 10.2. The van der Waals surface area contributed by atoms with Gasteiger partial charge in [-0.3, -0.25) is 4.79 Å². The Bertz CT molecular complexity index is 1120. The summed E-state index contributed by atoms with van der Waals surface area (Å²) in [5.74, 6) is -0.127. The molecule has 0 N–H and O–H groups in total. The number of halogens is 1. The summed E-state index contributed by atoms with van der Waals surface area (Å²) in [6.07, 6.45) is 3.57. The molecule has 1 heterocycles. The van der Waals surface area contributed by atoms with E-state index in [0.717, 1.165) is 18.4 Å². The fourth-order valence-corrected chi connectivity index (χ4v) is 5.23. The van der Waals surface area contributed by atoms with E-state index in [0.29, 0.717) is 29.1 Å². The van der Waals surface area contributed by atoms with Gasteiger partial charge in [-0.15, -0.1) is 0 Å². The van der Waals surface area contributed by atoms with E-state index in [4.69, 9.17) is 11.6 Å². The normalized spacial score (nSPS) is 11.7. The molecule has 0 aliphatic rings. The number of aromatic nitrogens is 1. The van der Waals surface area contributed by atoms with Gasteiger partial charge in [-0.1, -0.05) is 55.3 Å². The van der Waals surface area contributed by atoms with E-state index in [1.807, 2.05) is 30.0 Å². The Morgan fingerprint density at radius 3 is 2.43 bits per heavy atom. The number of rotatable bonds is 9. The number of likely N-dealkylation sites (N-methyl/N-ethyl adjacent to an activating group) is 1. The summed E-state index contributed by atoms with van der Waals surface area (Å²) in [5.41, 5.74) is 1.41. The highest BCUT2D eigenvalue weighted by atomic mass is 35.5. The zero-order valence-electron chi connectivity index (χ0n) is 17.3. The third-order valence-corrected chi connectivity index (χ3v) is 7.14. The van der Waals surface area contributed by atoms with E-state index in [9.17, 15) is 13.2 Å². The van der Waals surface area contributed by atoms with Gasteiger partial charge in [-0.2, -0.15) is 0 Å². The Morgan fingerprint density at radius 2 is 1.77 bits per heavy atom. The molecule has 0 atom stereocenters. The predicted octanol–water partition coefficient (Wildman–Crippen LogP) is 4.92. The van der Waals surface area contributed by atoms with Gasteiger partial charge in [0.05, 0.1) is 10.6 Å². The van der Waals surface area contributed by atoms with Crippen LogP contribution >= 0.6 is 11.6 Å². The molecule has 0 bridgehead atoms. The van der Waals surface area contributed by atoms with Crippen molar-refractivity contribution in [3.05, 3.63) is 65.3 Å². The molecule has 0 saturated carbocycles. The lowest BCUT2D eigenvalue weighted by molar-refractivity contribution is -0.131. The number of nitrogens with zero attached hydrogens (tertiary/aromatic N) is 2. The van der Waals surface area contributed by atoms with E-state index >= 15 is 0 Å². The molecule has 7 heteroatoms. The second kappa shape index (κ2) is 9.67. The van der Waals surface area contributed by atoms with Gasteiger partial charge < -0.3 is 9.47 Å². The summed E-state index contributed by atoms with van der Waals surface area (Å²) in [6, 6.07) is 14.1. The summed E-state index contributed by atoms with van der Waals surface area (Å²) in [4.78, 5) is 14.9. The highest BCUT2D eigenvalue weighted by Gasteiger charge is 2.23. The van der Waals surface area contributed by atoms with Crippen molar-refractivity contribution in [2.45, 2.75) is 43.9 Å². The maximum Gasteiger partial charge on any atom is 0.242 e. The Labute approximate surface area is 183 Å². The number of unbranched alkanes of at least 4 members (excludes halogenated alkanes) is 1. The summed E-state index contributed by atoms with van der Waals surface area (Å²) < 4.78 is 28.1. The molecule has 0 aliphatic carbocycles. The summed E-state index contributed by atoms with van der Waals surface area (Å²) >= 11 is 5.91. The lowest BCUT2D eigenvalue weighted by Crippen LogP contribution is -2.34. The fourth-order valence-electron chi connectivity index (χ4n) is 3.52. The molecule has 3 aromatic rings. The van der Waals surface area contributed by atoms with Gasteiger partial charge >= 0.3 is 0 Å². The largest absolute Gasteiger partial charge is 0.341 e. The maximum atomic E-state index is 13.2. The Morgan fingerprint density at radius 1 is 1.07 bits per heavy atom. The van der Waals surface area contributed by atoms with Crippen LogP contribution in [0.25, 0.3) is 10.9 Å². The first-order valence-electron chi connectivity index (χ1n) is 10.2. The van der Waals surface area contributed by atoms with Crippen LogP contribution in [0.15, 0.2) is 59.6 Å². The third-order valence-electron chi connectivity index (χ3n) is 5.18. The van der Waals surface area contributed by atoms with Crippen molar-refractivity contribution in [2.24, 2.45) is 0 Å². The number of carbonyl (C=O) groups excluding carboxylic acids is 1. The molecule has 0 saturated heterocycles. The minimum Gasteiger partial charge on any atom is -0.341 e. The molecule has 1 amide bonds. The van der Waals surface area contributed by atoms with Crippen LogP contribution in [0.1, 0.15) is 32.3 Å². The second-order valence-corrected chi connectivity index (χ2v) is 9.75. The molecular weight excluding hydrogens is 420 g/mol. The molecular formula is C23H27ClN2O3S. The van der Waals surface area contributed by atoms with Crippen molar-refractivity contribution in [2.75, 3.05) is 13.1 Å². The van der Waals surface area contributed by atoms with Gasteiger partial charge in [-0.05, 0) is 37.1 Å². The molecule has 0 unspecified atom stereocenters. The van der Waals surface area contributed by atoms with Crippen LogP contribution in [0, 0.1) is 0 Å². The standard InChI is InChI=1S/C23H27ClN2O3S/c1-3-5-14-25(4-2)23(27)16-26-15-22(20-8-6-7-9-21(20)26)30(28,29)17-18-10-12-19(24)13-11-18/h6-13,15H,3-5,14,16-17H2,1-2H3. The zero-order chi connectivity index (χ0) is 21.7. The second-order valence-electron chi connectivity index (χ2n) is 7.35. The van der Waals surface area contributed by atoms with Crippen LogP contribution in [0.4, 0.5) is 0 Å². The number of fused-ring (bicyclic) bond motifs is 1. The summed E-state index contributed by atoms with van der Waals surface area (Å²) in [7, 11) is -3.60. The van der Waals surface area contributed by atoms with Crippen LogP contribution in [-0.2, 0) is 26.9 Å². The van der Waals surface area contributed by atoms with Crippen molar-refractivity contribution in [1.82, 2.24) is 9.47 Å². The number of sulfone groups is 1. The highest BCUT2D eigenvalue weighted by Crippen LogP contribution is 2.28. The van der Waals surface area contributed by atoms with Crippen molar-refractivity contribution >= 4 is 38.2 Å². The van der Waals surface area contributed by atoms with Crippen LogP contribution in [0.5, 0.6) is 0 Å². The van der Waals surface area contributed by atoms with E-state index in [1.54, 1.807) is 41.1 Å². The van der Waals surface area contributed by atoms with Crippen molar-refractivity contribution in [3.63, 3.8) is 0 Å². The molecule has 30 heavy (non-hydrogen) atoms. The van der Waals surface area contributed by atoms with Crippen LogP contribution < -0.4 is 0 Å².